The second-order valence-corrected chi connectivity index (χ2v) is 5.50. The molecule has 100 valence electrons. The van der Waals surface area contributed by atoms with Gasteiger partial charge in [-0.15, -0.1) is 0 Å². The first-order valence-corrected chi connectivity index (χ1v) is 6.91. The summed E-state index contributed by atoms with van der Waals surface area (Å²) in [6, 6.07) is 8.33. The normalized spacial score (nSPS) is 12.4. The maximum atomic E-state index is 12.9. The molecule has 0 aliphatic heterocycles. The van der Waals surface area contributed by atoms with E-state index in [1.54, 1.807) is 12.1 Å². The minimum absolute atomic E-state index is 0.0294. The van der Waals surface area contributed by atoms with Crippen molar-refractivity contribution < 1.29 is 4.39 Å². The molecule has 1 heterocycles. The number of aromatic nitrogens is 2. The predicted octanol–water partition coefficient (Wildman–Crippen LogP) is 3.02. The van der Waals surface area contributed by atoms with Gasteiger partial charge in [0.25, 0.3) is 0 Å². The molecule has 0 bridgehead atoms. The molecule has 0 amide bonds. The van der Waals surface area contributed by atoms with E-state index < -0.39 is 0 Å². The summed E-state index contributed by atoms with van der Waals surface area (Å²) < 4.78 is 12.9. The van der Waals surface area contributed by atoms with E-state index in [-0.39, 0.29) is 11.1 Å². The lowest BCUT2D eigenvalue weighted by molar-refractivity contribution is 0.627. The Balaban J connectivity index is 2.21. The van der Waals surface area contributed by atoms with E-state index in [1.165, 1.54) is 23.9 Å². The highest BCUT2D eigenvalue weighted by molar-refractivity contribution is 7.99. The third kappa shape index (κ3) is 3.75. The molecule has 0 radical (unpaired) electrons. The van der Waals surface area contributed by atoms with Crippen molar-refractivity contribution in [3.05, 3.63) is 53.1 Å². The van der Waals surface area contributed by atoms with Crippen molar-refractivity contribution in [2.45, 2.75) is 24.3 Å². The fraction of sp³-hybridized carbons (Fsp3) is 0.286. The molecule has 19 heavy (non-hydrogen) atoms. The van der Waals surface area contributed by atoms with Gasteiger partial charge in [0.15, 0.2) is 5.16 Å². The van der Waals surface area contributed by atoms with E-state index in [0.29, 0.717) is 11.7 Å². The van der Waals surface area contributed by atoms with Gasteiger partial charge in [0.05, 0.1) is 0 Å². The van der Waals surface area contributed by atoms with Crippen molar-refractivity contribution in [2.24, 2.45) is 5.73 Å². The Morgan fingerprint density at radius 1 is 1.16 bits per heavy atom. The van der Waals surface area contributed by atoms with Gasteiger partial charge in [0, 0.05) is 23.2 Å². The number of benzene rings is 1. The number of nitrogens with zero attached hydrogens (tertiary/aromatic N) is 2. The van der Waals surface area contributed by atoms with Crippen molar-refractivity contribution in [1.29, 1.82) is 0 Å². The molecule has 2 aromatic rings. The monoisotopic (exact) mass is 277 g/mol. The zero-order valence-corrected chi connectivity index (χ0v) is 11.7. The Labute approximate surface area is 116 Å². The number of nitrogens with two attached hydrogens (primary N) is 1. The summed E-state index contributed by atoms with van der Waals surface area (Å²) in [5.74, 6) is -0.243. The first-order valence-electron chi connectivity index (χ1n) is 6.03. The zero-order chi connectivity index (χ0) is 13.8. The largest absolute Gasteiger partial charge is 0.329 e. The minimum Gasteiger partial charge on any atom is -0.329 e. The van der Waals surface area contributed by atoms with Crippen molar-refractivity contribution in [3.63, 3.8) is 0 Å². The van der Waals surface area contributed by atoms with Crippen LogP contribution in [0.5, 0.6) is 0 Å². The molecule has 0 saturated heterocycles. The number of hydrogen-bond acceptors (Lipinski definition) is 4. The average molecular weight is 277 g/mol. The molecule has 2 N–H and O–H groups in total. The SMILES string of the molecule is Cc1cc(C)nc(SC(CN)c2ccc(F)cc2)n1. The quantitative estimate of drug-likeness (QED) is 0.689. The summed E-state index contributed by atoms with van der Waals surface area (Å²) in [5, 5.41) is 0.735. The maximum absolute atomic E-state index is 12.9. The first kappa shape index (κ1) is 14.0. The van der Waals surface area contributed by atoms with Gasteiger partial charge >= 0.3 is 0 Å². The van der Waals surface area contributed by atoms with E-state index in [2.05, 4.69) is 9.97 Å². The van der Waals surface area contributed by atoms with E-state index in [0.717, 1.165) is 17.0 Å². The average Bonchev–Trinajstić information content (AvgIpc) is 2.36. The van der Waals surface area contributed by atoms with Crippen molar-refractivity contribution >= 4 is 11.8 Å². The summed E-state index contributed by atoms with van der Waals surface area (Å²) >= 11 is 1.51. The van der Waals surface area contributed by atoms with Gasteiger partial charge in [0.1, 0.15) is 5.82 Å². The van der Waals surface area contributed by atoms with Crippen molar-refractivity contribution in [1.82, 2.24) is 9.97 Å². The highest BCUT2D eigenvalue weighted by Crippen LogP contribution is 2.32. The third-order valence-electron chi connectivity index (χ3n) is 2.67. The summed E-state index contributed by atoms with van der Waals surface area (Å²) in [4.78, 5) is 8.77. The molecule has 1 aromatic heterocycles. The van der Waals surface area contributed by atoms with Gasteiger partial charge in [0.2, 0.25) is 0 Å². The van der Waals surface area contributed by atoms with Crippen LogP contribution in [0.2, 0.25) is 0 Å². The summed E-state index contributed by atoms with van der Waals surface area (Å²) in [7, 11) is 0. The molecule has 1 aromatic carbocycles. The molecule has 0 spiro atoms. The van der Waals surface area contributed by atoms with Gasteiger partial charge in [-0.25, -0.2) is 14.4 Å². The fourth-order valence-corrected chi connectivity index (χ4v) is 2.84. The van der Waals surface area contributed by atoms with Gasteiger partial charge < -0.3 is 5.73 Å². The maximum Gasteiger partial charge on any atom is 0.188 e. The van der Waals surface area contributed by atoms with Crippen LogP contribution < -0.4 is 5.73 Å². The second-order valence-electron chi connectivity index (χ2n) is 4.33. The number of rotatable bonds is 4. The summed E-state index contributed by atoms with van der Waals surface area (Å²) in [5.41, 5.74) is 8.65. The van der Waals surface area contributed by atoms with Crippen molar-refractivity contribution in [3.8, 4) is 0 Å². The lowest BCUT2D eigenvalue weighted by Gasteiger charge is -2.14. The molecule has 3 nitrogen and oxygen atoms in total. The lowest BCUT2D eigenvalue weighted by Crippen LogP contribution is -2.10. The first-order chi connectivity index (χ1) is 9.08. The minimum atomic E-state index is -0.243. The Bertz CT molecular complexity index is 537. The molecule has 5 heteroatoms. The Morgan fingerprint density at radius 2 is 1.74 bits per heavy atom. The van der Waals surface area contributed by atoms with Crippen LogP contribution in [0, 0.1) is 19.7 Å². The molecule has 0 aliphatic rings. The molecule has 0 aliphatic carbocycles. The van der Waals surface area contributed by atoms with Crippen LogP contribution >= 0.6 is 11.8 Å². The van der Waals surface area contributed by atoms with Crippen LogP contribution in [0.25, 0.3) is 0 Å². The predicted molar refractivity (Wildman–Crippen MR) is 75.6 cm³/mol. The third-order valence-corrected chi connectivity index (χ3v) is 3.81. The van der Waals surface area contributed by atoms with Crippen LogP contribution in [0.15, 0.2) is 35.5 Å². The Morgan fingerprint density at radius 3 is 2.26 bits per heavy atom. The van der Waals surface area contributed by atoms with Crippen LogP contribution in [0.4, 0.5) is 4.39 Å². The molecular weight excluding hydrogens is 261 g/mol. The van der Waals surface area contributed by atoms with Gasteiger partial charge in [-0.2, -0.15) is 0 Å². The topological polar surface area (TPSA) is 51.8 Å². The van der Waals surface area contributed by atoms with Crippen LogP contribution in [-0.2, 0) is 0 Å². The molecule has 1 atom stereocenters. The Hall–Kier alpha value is -1.46. The summed E-state index contributed by atoms with van der Waals surface area (Å²) in [6.45, 7) is 4.33. The molecule has 2 rings (SSSR count). The number of halogens is 1. The smallest absolute Gasteiger partial charge is 0.188 e. The molecular formula is C14H16FN3S. The van der Waals surface area contributed by atoms with Crippen LogP contribution in [0.1, 0.15) is 22.2 Å². The van der Waals surface area contributed by atoms with Gasteiger partial charge in [-0.05, 0) is 37.6 Å². The molecule has 0 saturated carbocycles. The van der Waals surface area contributed by atoms with E-state index in [4.69, 9.17) is 5.73 Å². The zero-order valence-electron chi connectivity index (χ0n) is 10.9. The fourth-order valence-electron chi connectivity index (χ4n) is 1.80. The highest BCUT2D eigenvalue weighted by atomic mass is 32.2. The standard InChI is InChI=1S/C14H16FN3S/c1-9-7-10(2)18-14(17-9)19-13(8-16)11-3-5-12(15)6-4-11/h3-7,13H,8,16H2,1-2H3. The number of aryl methyl sites for hydroxylation is 2. The van der Waals surface area contributed by atoms with Gasteiger partial charge in [-0.1, -0.05) is 23.9 Å². The second kappa shape index (κ2) is 6.12. The number of hydrogen-bond donors (Lipinski definition) is 1. The van der Waals surface area contributed by atoms with Crippen molar-refractivity contribution in [2.75, 3.05) is 6.54 Å². The molecule has 1 unspecified atom stereocenters. The van der Waals surface area contributed by atoms with Gasteiger partial charge in [-0.3, -0.25) is 0 Å². The summed E-state index contributed by atoms with van der Waals surface area (Å²) in [6.07, 6.45) is 0. The van der Waals surface area contributed by atoms with E-state index in [1.807, 2.05) is 19.9 Å². The van der Waals surface area contributed by atoms with Crippen LogP contribution in [0.3, 0.4) is 0 Å². The van der Waals surface area contributed by atoms with E-state index in [9.17, 15) is 4.39 Å². The Kier molecular flexibility index (Phi) is 4.50. The lowest BCUT2D eigenvalue weighted by atomic mass is 10.1. The van der Waals surface area contributed by atoms with Crippen LogP contribution in [-0.4, -0.2) is 16.5 Å². The highest BCUT2D eigenvalue weighted by Gasteiger charge is 2.13. The van der Waals surface area contributed by atoms with E-state index >= 15 is 0 Å². The number of thioether (sulfide) groups is 1. The molecule has 0 fully saturated rings.